The zero-order chi connectivity index (χ0) is 15.5. The average molecular weight is 291 g/mol. The summed E-state index contributed by atoms with van der Waals surface area (Å²) in [4.78, 5) is 6.26. The highest BCUT2D eigenvalue weighted by atomic mass is 16.5. The maximum atomic E-state index is 9.63. The molecular weight excluding hydrogens is 258 g/mol. The summed E-state index contributed by atoms with van der Waals surface area (Å²) < 4.78 is 5.63. The topological polar surface area (TPSA) is 59.4 Å². The van der Waals surface area contributed by atoms with Gasteiger partial charge in [-0.2, -0.15) is 0 Å². The molecular formula is C14H33N3O3. The molecule has 0 radical (unpaired) electrons. The molecule has 0 saturated carbocycles. The number of hydrogen-bond acceptors (Lipinski definition) is 6. The van der Waals surface area contributed by atoms with Crippen LogP contribution in [0.25, 0.3) is 0 Å². The first-order chi connectivity index (χ1) is 9.38. The molecule has 122 valence electrons. The second-order valence-electron chi connectivity index (χ2n) is 5.79. The molecule has 0 aromatic rings. The van der Waals surface area contributed by atoms with E-state index in [-0.39, 0.29) is 6.61 Å². The van der Waals surface area contributed by atoms with Crippen molar-refractivity contribution in [1.29, 1.82) is 0 Å². The zero-order valence-corrected chi connectivity index (χ0v) is 13.7. The Labute approximate surface area is 123 Å². The quantitative estimate of drug-likeness (QED) is 0.374. The highest BCUT2D eigenvalue weighted by Gasteiger charge is 2.20. The maximum absolute atomic E-state index is 9.63. The van der Waals surface area contributed by atoms with Crippen molar-refractivity contribution in [3.05, 3.63) is 0 Å². The predicted molar refractivity (Wildman–Crippen MR) is 81.8 cm³/mol. The number of aliphatic hydroxyl groups excluding tert-OH is 2. The third-order valence-electron chi connectivity index (χ3n) is 3.14. The van der Waals surface area contributed by atoms with Crippen molar-refractivity contribution in [3.8, 4) is 0 Å². The molecule has 0 heterocycles. The lowest BCUT2D eigenvalue weighted by Gasteiger charge is -2.28. The van der Waals surface area contributed by atoms with E-state index < -0.39 is 12.3 Å². The third-order valence-corrected chi connectivity index (χ3v) is 3.14. The van der Waals surface area contributed by atoms with Gasteiger partial charge in [-0.1, -0.05) is 0 Å². The zero-order valence-electron chi connectivity index (χ0n) is 13.7. The van der Waals surface area contributed by atoms with Crippen LogP contribution in [-0.2, 0) is 4.74 Å². The Bertz CT molecular complexity index is 228. The molecule has 0 rings (SSSR count). The van der Waals surface area contributed by atoms with E-state index in [2.05, 4.69) is 30.9 Å². The molecule has 0 aliphatic rings. The predicted octanol–water partition coefficient (Wildman–Crippen LogP) is -0.482. The van der Waals surface area contributed by atoms with Crippen LogP contribution < -0.4 is 0 Å². The van der Waals surface area contributed by atoms with Crippen molar-refractivity contribution in [2.45, 2.75) is 25.2 Å². The Morgan fingerprint density at radius 1 is 0.950 bits per heavy atom. The van der Waals surface area contributed by atoms with Gasteiger partial charge in [-0.15, -0.1) is 0 Å². The fourth-order valence-corrected chi connectivity index (χ4v) is 2.00. The van der Waals surface area contributed by atoms with Gasteiger partial charge in [0, 0.05) is 6.54 Å². The van der Waals surface area contributed by atoms with Crippen LogP contribution in [0.4, 0.5) is 0 Å². The van der Waals surface area contributed by atoms with E-state index in [0.29, 0.717) is 6.61 Å². The van der Waals surface area contributed by atoms with E-state index in [9.17, 15) is 5.11 Å². The standard InChI is InChI=1S/C14H33N3O3/c1-15(2)8-6-9-17(5)10-7-11-20-14(16(3)4)13(19)12-18/h13-14,18-19H,6-12H2,1-5H3. The number of rotatable bonds is 12. The highest BCUT2D eigenvalue weighted by Crippen LogP contribution is 2.04. The third kappa shape index (κ3) is 9.63. The molecule has 0 spiro atoms. The Hall–Kier alpha value is -0.240. The van der Waals surface area contributed by atoms with Crippen LogP contribution in [0.2, 0.25) is 0 Å². The largest absolute Gasteiger partial charge is 0.394 e. The minimum Gasteiger partial charge on any atom is -0.394 e. The van der Waals surface area contributed by atoms with Gasteiger partial charge in [0.25, 0.3) is 0 Å². The molecule has 0 saturated heterocycles. The molecule has 0 bridgehead atoms. The van der Waals surface area contributed by atoms with Gasteiger partial charge in [0.05, 0.1) is 13.2 Å². The molecule has 0 fully saturated rings. The lowest BCUT2D eigenvalue weighted by molar-refractivity contribution is -0.122. The van der Waals surface area contributed by atoms with E-state index in [4.69, 9.17) is 9.84 Å². The smallest absolute Gasteiger partial charge is 0.138 e. The second-order valence-corrected chi connectivity index (χ2v) is 5.79. The molecule has 2 unspecified atom stereocenters. The first kappa shape index (κ1) is 19.8. The van der Waals surface area contributed by atoms with Gasteiger partial charge in [0.2, 0.25) is 0 Å². The fraction of sp³-hybridized carbons (Fsp3) is 1.00. The van der Waals surface area contributed by atoms with Gasteiger partial charge in [-0.05, 0) is 61.2 Å². The van der Waals surface area contributed by atoms with Crippen molar-refractivity contribution in [2.24, 2.45) is 0 Å². The Balaban J connectivity index is 3.72. The minimum atomic E-state index is -0.858. The van der Waals surface area contributed by atoms with Crippen molar-refractivity contribution < 1.29 is 14.9 Å². The molecule has 6 nitrogen and oxygen atoms in total. The van der Waals surface area contributed by atoms with E-state index in [1.54, 1.807) is 4.90 Å². The van der Waals surface area contributed by atoms with E-state index in [1.807, 2.05) is 14.1 Å². The van der Waals surface area contributed by atoms with Crippen LogP contribution in [0.1, 0.15) is 12.8 Å². The van der Waals surface area contributed by atoms with Crippen LogP contribution in [0, 0.1) is 0 Å². The summed E-state index contributed by atoms with van der Waals surface area (Å²) in [6.07, 6.45) is 0.774. The molecule has 6 heteroatoms. The Morgan fingerprint density at radius 2 is 1.55 bits per heavy atom. The molecule has 0 aromatic carbocycles. The number of nitrogens with zero attached hydrogens (tertiary/aromatic N) is 3. The maximum Gasteiger partial charge on any atom is 0.138 e. The molecule has 0 aliphatic carbocycles. The Kier molecular flexibility index (Phi) is 11.3. The number of hydrogen-bond donors (Lipinski definition) is 2. The van der Waals surface area contributed by atoms with Gasteiger partial charge in [0.15, 0.2) is 0 Å². The summed E-state index contributed by atoms with van der Waals surface area (Å²) in [5.41, 5.74) is 0. The lowest BCUT2D eigenvalue weighted by Crippen LogP contribution is -2.43. The van der Waals surface area contributed by atoms with Crippen molar-refractivity contribution in [3.63, 3.8) is 0 Å². The van der Waals surface area contributed by atoms with Crippen LogP contribution in [0.15, 0.2) is 0 Å². The second kappa shape index (κ2) is 11.4. The summed E-state index contributed by atoms with van der Waals surface area (Å²) >= 11 is 0. The minimum absolute atomic E-state index is 0.284. The summed E-state index contributed by atoms with van der Waals surface area (Å²) in [6.45, 7) is 3.45. The van der Waals surface area contributed by atoms with Gasteiger partial charge in [0.1, 0.15) is 12.3 Å². The van der Waals surface area contributed by atoms with Gasteiger partial charge in [-0.25, -0.2) is 0 Å². The highest BCUT2D eigenvalue weighted by molar-refractivity contribution is 4.65. The van der Waals surface area contributed by atoms with Gasteiger partial charge < -0.3 is 24.7 Å². The average Bonchev–Trinajstić information content (AvgIpc) is 2.37. The molecule has 0 amide bonds. The van der Waals surface area contributed by atoms with Crippen molar-refractivity contribution in [1.82, 2.24) is 14.7 Å². The van der Waals surface area contributed by atoms with Crippen LogP contribution >= 0.6 is 0 Å². The summed E-state index contributed by atoms with van der Waals surface area (Å²) in [5.74, 6) is 0. The molecule has 2 atom stereocenters. The molecule has 2 N–H and O–H groups in total. The fourth-order valence-electron chi connectivity index (χ4n) is 2.00. The van der Waals surface area contributed by atoms with E-state index in [1.165, 1.54) is 0 Å². The number of ether oxygens (including phenoxy) is 1. The first-order valence-electron chi connectivity index (χ1n) is 7.28. The Morgan fingerprint density at radius 3 is 2.05 bits per heavy atom. The monoisotopic (exact) mass is 291 g/mol. The number of likely N-dealkylation sites (N-methyl/N-ethyl adjacent to an activating group) is 1. The summed E-state index contributed by atoms with van der Waals surface area (Å²) in [5, 5.41) is 18.6. The molecule has 0 aromatic heterocycles. The first-order valence-corrected chi connectivity index (χ1v) is 7.28. The van der Waals surface area contributed by atoms with E-state index in [0.717, 1.165) is 32.5 Å². The van der Waals surface area contributed by atoms with Gasteiger partial charge >= 0.3 is 0 Å². The lowest BCUT2D eigenvalue weighted by atomic mass is 10.3. The van der Waals surface area contributed by atoms with Crippen molar-refractivity contribution >= 4 is 0 Å². The SMILES string of the molecule is CN(C)CCCN(C)CCCOC(C(O)CO)N(C)C. The van der Waals surface area contributed by atoms with Crippen LogP contribution in [0.5, 0.6) is 0 Å². The van der Waals surface area contributed by atoms with Gasteiger partial charge in [-0.3, -0.25) is 4.90 Å². The summed E-state index contributed by atoms with van der Waals surface area (Å²) in [6, 6.07) is 0. The van der Waals surface area contributed by atoms with Crippen molar-refractivity contribution in [2.75, 3.05) is 68.1 Å². The normalized spacial score (nSPS) is 15.3. The number of aliphatic hydroxyl groups is 2. The van der Waals surface area contributed by atoms with Crippen LogP contribution in [0.3, 0.4) is 0 Å². The molecule has 20 heavy (non-hydrogen) atoms. The molecule has 0 aliphatic heterocycles. The summed E-state index contributed by atoms with van der Waals surface area (Å²) in [7, 11) is 9.94. The van der Waals surface area contributed by atoms with Crippen LogP contribution in [-0.4, -0.2) is 105 Å². The van der Waals surface area contributed by atoms with E-state index >= 15 is 0 Å².